The van der Waals surface area contributed by atoms with Gasteiger partial charge in [0.25, 0.3) is 0 Å². The topological polar surface area (TPSA) is 54.4 Å². The van der Waals surface area contributed by atoms with Crippen molar-refractivity contribution in [3.63, 3.8) is 0 Å². The lowest BCUT2D eigenvalue weighted by Gasteiger charge is -2.01. The molecule has 80 valence electrons. The minimum atomic E-state index is -0.962. The van der Waals surface area contributed by atoms with Gasteiger partial charge in [-0.2, -0.15) is 0 Å². The third-order valence-electron chi connectivity index (χ3n) is 2.33. The van der Waals surface area contributed by atoms with Gasteiger partial charge in [-0.1, -0.05) is 12.1 Å². The van der Waals surface area contributed by atoms with E-state index in [1.54, 1.807) is 30.3 Å². The lowest BCUT2D eigenvalue weighted by Crippen LogP contribution is -1.95. The Balaban J connectivity index is 2.61. The molecule has 0 radical (unpaired) electrons. The molecule has 2 rings (SSSR count). The van der Waals surface area contributed by atoms with Crippen LogP contribution in [0.5, 0.6) is 0 Å². The van der Waals surface area contributed by atoms with E-state index < -0.39 is 5.97 Å². The van der Waals surface area contributed by atoms with Crippen molar-refractivity contribution >= 4 is 34.5 Å². The molecule has 16 heavy (non-hydrogen) atoms. The van der Waals surface area contributed by atoms with E-state index in [1.807, 2.05) is 0 Å². The van der Waals surface area contributed by atoms with Gasteiger partial charge in [0.15, 0.2) is 0 Å². The summed E-state index contributed by atoms with van der Waals surface area (Å²) < 4.78 is 0. The van der Waals surface area contributed by atoms with E-state index in [9.17, 15) is 9.59 Å². The number of carbonyl (C=O) groups is 2. The van der Waals surface area contributed by atoms with Gasteiger partial charge in [-0.05, 0) is 35.0 Å². The zero-order valence-corrected chi connectivity index (χ0v) is 9.07. The molecule has 0 fully saturated rings. The fourth-order valence-electron chi connectivity index (χ4n) is 1.51. The van der Waals surface area contributed by atoms with Crippen molar-refractivity contribution in [3.05, 3.63) is 47.5 Å². The summed E-state index contributed by atoms with van der Waals surface area (Å²) in [5.41, 5.74) is 0.733. The smallest absolute Gasteiger partial charge is 0.335 e. The Morgan fingerprint density at radius 1 is 0.938 bits per heavy atom. The number of thiol groups is 1. The van der Waals surface area contributed by atoms with E-state index in [0.29, 0.717) is 5.56 Å². The number of hydrogen-bond acceptors (Lipinski definition) is 2. The summed E-state index contributed by atoms with van der Waals surface area (Å²) >= 11 is 3.73. The van der Waals surface area contributed by atoms with E-state index in [0.717, 1.165) is 10.8 Å². The third-order valence-corrected chi connectivity index (χ3v) is 2.59. The molecular weight excluding hydrogens is 224 g/mol. The minimum Gasteiger partial charge on any atom is -0.478 e. The average molecular weight is 232 g/mol. The van der Waals surface area contributed by atoms with Gasteiger partial charge in [0.05, 0.1) is 5.56 Å². The molecule has 0 saturated heterocycles. The van der Waals surface area contributed by atoms with Crippen LogP contribution in [0.2, 0.25) is 0 Å². The Morgan fingerprint density at radius 3 is 1.94 bits per heavy atom. The average Bonchev–Trinajstić information content (AvgIpc) is 2.27. The summed E-state index contributed by atoms with van der Waals surface area (Å²) in [7, 11) is 0. The fourth-order valence-corrected chi connectivity index (χ4v) is 1.65. The lowest BCUT2D eigenvalue weighted by molar-refractivity contribution is 0.0697. The van der Waals surface area contributed by atoms with Crippen molar-refractivity contribution in [3.8, 4) is 0 Å². The molecule has 0 spiro atoms. The van der Waals surface area contributed by atoms with Gasteiger partial charge in [-0.3, -0.25) is 4.79 Å². The molecule has 0 unspecified atom stereocenters. The van der Waals surface area contributed by atoms with Gasteiger partial charge in [0.2, 0.25) is 5.12 Å². The summed E-state index contributed by atoms with van der Waals surface area (Å²) in [4.78, 5) is 21.8. The van der Waals surface area contributed by atoms with E-state index >= 15 is 0 Å². The quantitative estimate of drug-likeness (QED) is 0.782. The maximum Gasteiger partial charge on any atom is 0.335 e. The highest BCUT2D eigenvalue weighted by molar-refractivity contribution is 7.97. The van der Waals surface area contributed by atoms with Gasteiger partial charge >= 0.3 is 5.97 Å². The normalized spacial score (nSPS) is 10.3. The number of hydrogen-bond donors (Lipinski definition) is 2. The Hall–Kier alpha value is -1.81. The van der Waals surface area contributed by atoms with Crippen LogP contribution in [0.4, 0.5) is 0 Å². The maximum absolute atomic E-state index is 11.0. The lowest BCUT2D eigenvalue weighted by atomic mass is 10.0. The van der Waals surface area contributed by atoms with Crippen LogP contribution >= 0.6 is 12.6 Å². The van der Waals surface area contributed by atoms with Crippen LogP contribution in [0.25, 0.3) is 10.8 Å². The molecular formula is C12H8O3S. The summed E-state index contributed by atoms with van der Waals surface area (Å²) in [6, 6.07) is 9.80. The van der Waals surface area contributed by atoms with Crippen LogP contribution in [0.1, 0.15) is 20.7 Å². The molecule has 1 N–H and O–H groups in total. The van der Waals surface area contributed by atoms with Crippen LogP contribution < -0.4 is 0 Å². The Labute approximate surface area is 97.1 Å². The van der Waals surface area contributed by atoms with Gasteiger partial charge in [0.1, 0.15) is 0 Å². The molecule has 4 heteroatoms. The number of benzene rings is 2. The zero-order chi connectivity index (χ0) is 11.7. The van der Waals surface area contributed by atoms with Crippen LogP contribution in [-0.4, -0.2) is 16.2 Å². The Morgan fingerprint density at radius 2 is 1.44 bits per heavy atom. The van der Waals surface area contributed by atoms with Gasteiger partial charge in [-0.25, -0.2) is 4.79 Å². The fraction of sp³-hybridized carbons (Fsp3) is 0. The Kier molecular flexibility index (Phi) is 2.66. The standard InChI is InChI=1S/C12H8O3S/c13-11(14)9-3-1-8-6-10(12(15)16)4-2-7(8)5-9/h1-6H,(H,13,14)(H,15,16). The van der Waals surface area contributed by atoms with Crippen LogP contribution in [0.3, 0.4) is 0 Å². The predicted octanol–water partition coefficient (Wildman–Crippen LogP) is 2.61. The largest absolute Gasteiger partial charge is 0.478 e. The van der Waals surface area contributed by atoms with Gasteiger partial charge in [0, 0.05) is 5.56 Å². The second kappa shape index (κ2) is 3.98. The first-order valence-electron chi connectivity index (χ1n) is 4.58. The number of carbonyl (C=O) groups excluding carboxylic acids is 1. The van der Waals surface area contributed by atoms with Gasteiger partial charge < -0.3 is 5.11 Å². The first kappa shape index (κ1) is 10.7. The summed E-state index contributed by atoms with van der Waals surface area (Å²) in [5, 5.41) is 10.1. The van der Waals surface area contributed by atoms with Crippen LogP contribution in [0.15, 0.2) is 36.4 Å². The highest BCUT2D eigenvalue weighted by Gasteiger charge is 2.05. The molecule has 0 aromatic heterocycles. The van der Waals surface area contributed by atoms with E-state index in [-0.39, 0.29) is 10.7 Å². The SMILES string of the molecule is O=C(O)c1ccc2cc(C(=O)S)ccc2c1. The molecule has 0 heterocycles. The number of fused-ring (bicyclic) bond motifs is 1. The maximum atomic E-state index is 11.0. The molecule has 0 aliphatic heterocycles. The van der Waals surface area contributed by atoms with Crippen molar-refractivity contribution in [2.24, 2.45) is 0 Å². The monoisotopic (exact) mass is 232 g/mol. The second-order valence-corrected chi connectivity index (χ2v) is 3.79. The molecule has 0 aliphatic rings. The molecule has 0 bridgehead atoms. The molecule has 0 saturated carbocycles. The van der Waals surface area contributed by atoms with E-state index in [4.69, 9.17) is 5.11 Å². The molecule has 0 amide bonds. The molecule has 2 aromatic rings. The summed E-state index contributed by atoms with van der Waals surface area (Å²) in [6.45, 7) is 0. The number of carboxylic acids is 1. The minimum absolute atomic E-state index is 0.234. The summed E-state index contributed by atoms with van der Waals surface area (Å²) in [5.74, 6) is -0.962. The third kappa shape index (κ3) is 1.92. The first-order chi connectivity index (χ1) is 7.58. The van der Waals surface area contributed by atoms with E-state index in [1.165, 1.54) is 6.07 Å². The van der Waals surface area contributed by atoms with Crippen molar-refractivity contribution in [2.75, 3.05) is 0 Å². The molecule has 0 atom stereocenters. The zero-order valence-electron chi connectivity index (χ0n) is 8.18. The molecule has 3 nitrogen and oxygen atoms in total. The number of carboxylic acid groups (broad SMARTS) is 1. The highest BCUT2D eigenvalue weighted by atomic mass is 32.1. The van der Waals surface area contributed by atoms with Crippen LogP contribution in [0, 0.1) is 0 Å². The summed E-state index contributed by atoms with van der Waals surface area (Å²) in [6.07, 6.45) is 0. The Bertz CT molecular complexity index is 537. The molecule has 0 aliphatic carbocycles. The second-order valence-electron chi connectivity index (χ2n) is 3.39. The van der Waals surface area contributed by atoms with Crippen molar-refractivity contribution in [1.29, 1.82) is 0 Å². The number of aromatic carboxylic acids is 1. The molecule has 2 aromatic carbocycles. The predicted molar refractivity (Wildman–Crippen MR) is 64.2 cm³/mol. The van der Waals surface area contributed by atoms with Crippen molar-refractivity contribution in [1.82, 2.24) is 0 Å². The van der Waals surface area contributed by atoms with Crippen molar-refractivity contribution < 1.29 is 14.7 Å². The van der Waals surface area contributed by atoms with E-state index in [2.05, 4.69) is 12.6 Å². The highest BCUT2D eigenvalue weighted by Crippen LogP contribution is 2.18. The van der Waals surface area contributed by atoms with Crippen molar-refractivity contribution in [2.45, 2.75) is 0 Å². The van der Waals surface area contributed by atoms with Gasteiger partial charge in [-0.15, -0.1) is 12.6 Å². The first-order valence-corrected chi connectivity index (χ1v) is 5.03. The number of rotatable bonds is 2. The van der Waals surface area contributed by atoms with Crippen LogP contribution in [-0.2, 0) is 0 Å².